The Morgan fingerprint density at radius 1 is 1.00 bits per heavy atom. The lowest BCUT2D eigenvalue weighted by atomic mass is 9.98. The van der Waals surface area contributed by atoms with Crippen LogP contribution in [0.25, 0.3) is 33.3 Å². The van der Waals surface area contributed by atoms with E-state index in [0.29, 0.717) is 11.3 Å². The van der Waals surface area contributed by atoms with E-state index < -0.39 is 0 Å². The van der Waals surface area contributed by atoms with Crippen LogP contribution in [0.4, 0.5) is 5.69 Å². The van der Waals surface area contributed by atoms with Gasteiger partial charge >= 0.3 is 0 Å². The van der Waals surface area contributed by atoms with Crippen LogP contribution in [-0.2, 0) is 0 Å². The predicted molar refractivity (Wildman–Crippen MR) is 111 cm³/mol. The minimum atomic E-state index is -0.196. The van der Waals surface area contributed by atoms with Gasteiger partial charge in [0.25, 0.3) is 5.91 Å². The number of rotatable bonds is 4. The standard InChI is InChI=1S/C23H16N4O2/c28-23(27-17-4-3-8-24-12-17)19-6-2-1-5-18(19)16-10-20-21(15-7-9-29-14-15)13-26-22(20)25-11-16/h1-14H,(H,25,26)(H,27,28). The van der Waals surface area contributed by atoms with E-state index >= 15 is 0 Å². The maximum Gasteiger partial charge on any atom is 0.256 e. The Morgan fingerprint density at radius 2 is 1.93 bits per heavy atom. The molecule has 0 bridgehead atoms. The number of carbonyl (C=O) groups excluding carboxylic acids is 1. The van der Waals surface area contributed by atoms with E-state index in [2.05, 4.69) is 20.3 Å². The van der Waals surface area contributed by atoms with Gasteiger partial charge in [0.05, 0.1) is 24.4 Å². The molecular weight excluding hydrogens is 364 g/mol. The molecule has 0 aliphatic heterocycles. The summed E-state index contributed by atoms with van der Waals surface area (Å²) in [4.78, 5) is 24.7. The molecule has 4 aromatic heterocycles. The summed E-state index contributed by atoms with van der Waals surface area (Å²) < 4.78 is 5.22. The van der Waals surface area contributed by atoms with Crippen LogP contribution in [0.15, 0.2) is 90.3 Å². The number of furan rings is 1. The number of amides is 1. The third-order valence-corrected chi connectivity index (χ3v) is 4.77. The van der Waals surface area contributed by atoms with Crippen LogP contribution in [0.5, 0.6) is 0 Å². The number of hydrogen-bond donors (Lipinski definition) is 2. The monoisotopic (exact) mass is 380 g/mol. The van der Waals surface area contributed by atoms with Crippen molar-refractivity contribution in [2.24, 2.45) is 0 Å². The van der Waals surface area contributed by atoms with Gasteiger partial charge in [0, 0.05) is 46.2 Å². The fourth-order valence-electron chi connectivity index (χ4n) is 3.38. The third-order valence-electron chi connectivity index (χ3n) is 4.77. The van der Waals surface area contributed by atoms with Gasteiger partial charge in [-0.25, -0.2) is 4.98 Å². The van der Waals surface area contributed by atoms with Gasteiger partial charge in [-0.05, 0) is 35.9 Å². The number of nitrogens with zero attached hydrogens (tertiary/aromatic N) is 2. The van der Waals surface area contributed by atoms with Gasteiger partial charge in [-0.3, -0.25) is 9.78 Å². The number of benzene rings is 1. The van der Waals surface area contributed by atoms with Crippen molar-refractivity contribution in [3.8, 4) is 22.3 Å². The van der Waals surface area contributed by atoms with E-state index in [9.17, 15) is 4.79 Å². The second kappa shape index (κ2) is 7.09. The molecule has 4 heterocycles. The maximum atomic E-state index is 12.9. The quantitative estimate of drug-likeness (QED) is 0.452. The highest BCUT2D eigenvalue weighted by Crippen LogP contribution is 2.32. The van der Waals surface area contributed by atoms with Gasteiger partial charge < -0.3 is 14.7 Å². The zero-order chi connectivity index (χ0) is 19.6. The lowest BCUT2D eigenvalue weighted by molar-refractivity contribution is 0.102. The number of hydrogen-bond acceptors (Lipinski definition) is 4. The first-order chi connectivity index (χ1) is 14.3. The summed E-state index contributed by atoms with van der Waals surface area (Å²) in [6, 6.07) is 15.0. The molecule has 0 saturated heterocycles. The maximum absolute atomic E-state index is 12.9. The minimum absolute atomic E-state index is 0.196. The number of fused-ring (bicyclic) bond motifs is 1. The Bertz CT molecular complexity index is 1290. The van der Waals surface area contributed by atoms with Gasteiger partial charge in [-0.1, -0.05) is 18.2 Å². The summed E-state index contributed by atoms with van der Waals surface area (Å²) in [5.74, 6) is -0.196. The lowest BCUT2D eigenvalue weighted by Gasteiger charge is -2.10. The van der Waals surface area contributed by atoms with Crippen LogP contribution in [0.3, 0.4) is 0 Å². The molecule has 6 heteroatoms. The van der Waals surface area contributed by atoms with Crippen LogP contribution in [0, 0.1) is 0 Å². The number of nitrogens with one attached hydrogen (secondary N) is 2. The largest absolute Gasteiger partial charge is 0.472 e. The third kappa shape index (κ3) is 3.17. The van der Waals surface area contributed by atoms with Gasteiger partial charge in [0.2, 0.25) is 0 Å². The molecule has 0 unspecified atom stereocenters. The Labute approximate surface area is 166 Å². The first-order valence-electron chi connectivity index (χ1n) is 9.10. The van der Waals surface area contributed by atoms with Crippen molar-refractivity contribution in [2.45, 2.75) is 0 Å². The van der Waals surface area contributed by atoms with E-state index in [4.69, 9.17) is 4.42 Å². The first-order valence-corrected chi connectivity index (χ1v) is 9.10. The molecule has 0 spiro atoms. The van der Waals surface area contributed by atoms with E-state index in [0.717, 1.165) is 33.3 Å². The molecule has 1 amide bonds. The molecule has 140 valence electrons. The summed E-state index contributed by atoms with van der Waals surface area (Å²) in [5, 5.41) is 3.86. The molecular formula is C23H16N4O2. The van der Waals surface area contributed by atoms with Crippen LogP contribution in [0.2, 0.25) is 0 Å². The van der Waals surface area contributed by atoms with Crippen molar-refractivity contribution in [3.63, 3.8) is 0 Å². The summed E-state index contributed by atoms with van der Waals surface area (Å²) in [7, 11) is 0. The smallest absolute Gasteiger partial charge is 0.256 e. The predicted octanol–water partition coefficient (Wildman–Crippen LogP) is 5.14. The Morgan fingerprint density at radius 3 is 2.76 bits per heavy atom. The normalized spacial score (nSPS) is 10.9. The second-order valence-corrected chi connectivity index (χ2v) is 6.58. The van der Waals surface area contributed by atoms with E-state index in [1.54, 1.807) is 49.3 Å². The van der Waals surface area contributed by atoms with Gasteiger partial charge in [-0.2, -0.15) is 0 Å². The number of aromatic amines is 1. The first kappa shape index (κ1) is 16.9. The summed E-state index contributed by atoms with van der Waals surface area (Å²) in [5.41, 5.74) is 5.63. The highest BCUT2D eigenvalue weighted by Gasteiger charge is 2.15. The molecule has 0 aliphatic rings. The van der Waals surface area contributed by atoms with E-state index in [1.807, 2.05) is 36.5 Å². The molecule has 5 rings (SSSR count). The minimum Gasteiger partial charge on any atom is -0.472 e. The Hall–Kier alpha value is -4.19. The van der Waals surface area contributed by atoms with Gasteiger partial charge in [-0.15, -0.1) is 0 Å². The molecule has 5 aromatic rings. The Balaban J connectivity index is 1.57. The van der Waals surface area contributed by atoms with Crippen molar-refractivity contribution in [2.75, 3.05) is 5.32 Å². The van der Waals surface area contributed by atoms with Crippen LogP contribution in [-0.4, -0.2) is 20.9 Å². The molecule has 0 saturated carbocycles. The van der Waals surface area contributed by atoms with Gasteiger partial charge in [0.15, 0.2) is 0 Å². The molecule has 0 fully saturated rings. The fourth-order valence-corrected chi connectivity index (χ4v) is 3.38. The molecule has 0 radical (unpaired) electrons. The average molecular weight is 380 g/mol. The number of aromatic nitrogens is 3. The molecule has 0 atom stereocenters. The topological polar surface area (TPSA) is 83.8 Å². The lowest BCUT2D eigenvalue weighted by Crippen LogP contribution is -2.13. The molecule has 0 aliphatic carbocycles. The molecule has 6 nitrogen and oxygen atoms in total. The SMILES string of the molecule is O=C(Nc1cccnc1)c1ccccc1-c1cnc2[nH]cc(-c3ccoc3)c2c1. The number of pyridine rings is 2. The van der Waals surface area contributed by atoms with Crippen LogP contribution < -0.4 is 5.32 Å². The van der Waals surface area contributed by atoms with Crippen molar-refractivity contribution >= 4 is 22.6 Å². The van der Waals surface area contributed by atoms with Crippen LogP contribution >= 0.6 is 0 Å². The Kier molecular flexibility index (Phi) is 4.14. The fraction of sp³-hybridized carbons (Fsp3) is 0. The van der Waals surface area contributed by atoms with Crippen molar-refractivity contribution < 1.29 is 9.21 Å². The molecule has 29 heavy (non-hydrogen) atoms. The average Bonchev–Trinajstić information content (AvgIpc) is 3.43. The van der Waals surface area contributed by atoms with Crippen molar-refractivity contribution in [1.82, 2.24) is 15.0 Å². The van der Waals surface area contributed by atoms with E-state index in [-0.39, 0.29) is 5.91 Å². The number of carbonyl (C=O) groups is 1. The number of H-pyrrole nitrogens is 1. The zero-order valence-corrected chi connectivity index (χ0v) is 15.3. The molecule has 2 N–H and O–H groups in total. The van der Waals surface area contributed by atoms with Crippen molar-refractivity contribution in [1.29, 1.82) is 0 Å². The summed E-state index contributed by atoms with van der Waals surface area (Å²) in [6.07, 6.45) is 10.3. The van der Waals surface area contributed by atoms with Crippen molar-refractivity contribution in [3.05, 3.63) is 91.4 Å². The van der Waals surface area contributed by atoms with Crippen LogP contribution in [0.1, 0.15) is 10.4 Å². The zero-order valence-electron chi connectivity index (χ0n) is 15.3. The summed E-state index contributed by atoms with van der Waals surface area (Å²) >= 11 is 0. The second-order valence-electron chi connectivity index (χ2n) is 6.58. The number of anilines is 1. The highest BCUT2D eigenvalue weighted by atomic mass is 16.3. The molecule has 1 aromatic carbocycles. The summed E-state index contributed by atoms with van der Waals surface area (Å²) in [6.45, 7) is 0. The van der Waals surface area contributed by atoms with E-state index in [1.165, 1.54) is 0 Å². The van der Waals surface area contributed by atoms with Gasteiger partial charge in [0.1, 0.15) is 5.65 Å². The highest BCUT2D eigenvalue weighted by molar-refractivity contribution is 6.09.